The van der Waals surface area contributed by atoms with E-state index >= 15 is 0 Å². The van der Waals surface area contributed by atoms with Crippen LogP contribution in [0.5, 0.6) is 0 Å². The number of hydrogen-bond donors (Lipinski definition) is 1. The predicted octanol–water partition coefficient (Wildman–Crippen LogP) is 2.18. The summed E-state index contributed by atoms with van der Waals surface area (Å²) >= 11 is 5.06. The SMILES string of the molecule is CC(C)OCCN(C)Cc1ccccc1C(N)=S. The number of nitrogens with zero attached hydrogens (tertiary/aromatic N) is 1. The van der Waals surface area contributed by atoms with Gasteiger partial charge in [-0.15, -0.1) is 0 Å². The Morgan fingerprint density at radius 3 is 2.67 bits per heavy atom. The molecular weight excluding hydrogens is 244 g/mol. The third-order valence-corrected chi connectivity index (χ3v) is 2.87. The molecule has 0 bridgehead atoms. The Balaban J connectivity index is 2.53. The van der Waals surface area contributed by atoms with Crippen molar-refractivity contribution in [1.29, 1.82) is 0 Å². The molecule has 0 radical (unpaired) electrons. The van der Waals surface area contributed by atoms with Crippen LogP contribution in [0.3, 0.4) is 0 Å². The van der Waals surface area contributed by atoms with E-state index in [2.05, 4.69) is 18.0 Å². The summed E-state index contributed by atoms with van der Waals surface area (Å²) in [5.41, 5.74) is 7.84. The smallest absolute Gasteiger partial charge is 0.104 e. The molecule has 0 saturated carbocycles. The van der Waals surface area contributed by atoms with Crippen molar-refractivity contribution in [3.63, 3.8) is 0 Å². The Bertz CT molecular complexity index is 393. The highest BCUT2D eigenvalue weighted by atomic mass is 32.1. The molecule has 100 valence electrons. The molecule has 0 unspecified atom stereocenters. The maximum absolute atomic E-state index is 5.72. The second-order valence-electron chi connectivity index (χ2n) is 4.68. The first-order valence-corrected chi connectivity index (χ1v) is 6.59. The number of hydrogen-bond acceptors (Lipinski definition) is 3. The van der Waals surface area contributed by atoms with E-state index < -0.39 is 0 Å². The normalized spacial score (nSPS) is 11.2. The van der Waals surface area contributed by atoms with Crippen LogP contribution < -0.4 is 5.73 Å². The van der Waals surface area contributed by atoms with Gasteiger partial charge in [-0.1, -0.05) is 36.5 Å². The van der Waals surface area contributed by atoms with Crippen LogP contribution in [-0.2, 0) is 11.3 Å². The van der Waals surface area contributed by atoms with Gasteiger partial charge in [-0.2, -0.15) is 0 Å². The lowest BCUT2D eigenvalue weighted by Gasteiger charge is -2.19. The molecule has 0 aliphatic heterocycles. The van der Waals surface area contributed by atoms with E-state index in [1.165, 1.54) is 0 Å². The minimum atomic E-state index is 0.280. The summed E-state index contributed by atoms with van der Waals surface area (Å²) in [6, 6.07) is 8.00. The molecule has 0 aromatic heterocycles. The summed E-state index contributed by atoms with van der Waals surface area (Å²) in [4.78, 5) is 2.66. The molecule has 0 saturated heterocycles. The van der Waals surface area contributed by atoms with Gasteiger partial charge in [0, 0.05) is 18.7 Å². The molecule has 0 heterocycles. The van der Waals surface area contributed by atoms with Gasteiger partial charge in [0.25, 0.3) is 0 Å². The molecule has 0 atom stereocenters. The highest BCUT2D eigenvalue weighted by Gasteiger charge is 2.07. The molecule has 18 heavy (non-hydrogen) atoms. The average molecular weight is 266 g/mol. The first-order valence-electron chi connectivity index (χ1n) is 6.18. The van der Waals surface area contributed by atoms with Crippen LogP contribution >= 0.6 is 12.2 Å². The van der Waals surface area contributed by atoms with Crippen molar-refractivity contribution in [2.75, 3.05) is 20.2 Å². The Kier molecular flexibility index (Phi) is 6.25. The van der Waals surface area contributed by atoms with Gasteiger partial charge in [-0.05, 0) is 26.5 Å². The summed E-state index contributed by atoms with van der Waals surface area (Å²) in [7, 11) is 2.07. The van der Waals surface area contributed by atoms with Crippen molar-refractivity contribution >= 4 is 17.2 Å². The van der Waals surface area contributed by atoms with Gasteiger partial charge < -0.3 is 10.5 Å². The van der Waals surface area contributed by atoms with Gasteiger partial charge in [0.1, 0.15) is 4.99 Å². The number of nitrogens with two attached hydrogens (primary N) is 1. The molecular formula is C14H22N2OS. The summed E-state index contributed by atoms with van der Waals surface area (Å²) in [5.74, 6) is 0. The molecule has 0 spiro atoms. The number of benzene rings is 1. The Hall–Kier alpha value is -0.970. The molecule has 0 aliphatic carbocycles. The molecule has 1 aromatic carbocycles. The van der Waals surface area contributed by atoms with E-state index in [1.54, 1.807) is 0 Å². The van der Waals surface area contributed by atoms with Crippen LogP contribution in [0.1, 0.15) is 25.0 Å². The molecule has 1 aromatic rings. The van der Waals surface area contributed by atoms with Gasteiger partial charge in [0.2, 0.25) is 0 Å². The summed E-state index contributed by atoms with van der Waals surface area (Å²) < 4.78 is 5.54. The quantitative estimate of drug-likeness (QED) is 0.768. The number of likely N-dealkylation sites (N-methyl/N-ethyl adjacent to an activating group) is 1. The van der Waals surface area contributed by atoms with Crippen molar-refractivity contribution in [2.24, 2.45) is 5.73 Å². The predicted molar refractivity (Wildman–Crippen MR) is 79.8 cm³/mol. The number of rotatable bonds is 7. The van der Waals surface area contributed by atoms with E-state index in [4.69, 9.17) is 22.7 Å². The third-order valence-electron chi connectivity index (χ3n) is 2.65. The largest absolute Gasteiger partial charge is 0.389 e. The topological polar surface area (TPSA) is 38.5 Å². The van der Waals surface area contributed by atoms with Gasteiger partial charge in [0.15, 0.2) is 0 Å². The van der Waals surface area contributed by atoms with Crippen molar-refractivity contribution in [3.8, 4) is 0 Å². The Morgan fingerprint density at radius 2 is 2.06 bits per heavy atom. The fourth-order valence-electron chi connectivity index (χ4n) is 1.71. The highest BCUT2D eigenvalue weighted by molar-refractivity contribution is 7.80. The minimum absolute atomic E-state index is 0.280. The van der Waals surface area contributed by atoms with Gasteiger partial charge in [0.05, 0.1) is 12.7 Å². The monoisotopic (exact) mass is 266 g/mol. The second-order valence-corrected chi connectivity index (χ2v) is 5.12. The molecule has 3 nitrogen and oxygen atoms in total. The Labute approximate surface area is 115 Å². The van der Waals surface area contributed by atoms with E-state index in [9.17, 15) is 0 Å². The van der Waals surface area contributed by atoms with Crippen molar-refractivity contribution < 1.29 is 4.74 Å². The molecule has 0 aliphatic rings. The summed E-state index contributed by atoms with van der Waals surface area (Å²) in [6.07, 6.45) is 0.280. The summed E-state index contributed by atoms with van der Waals surface area (Å²) in [6.45, 7) is 6.55. The molecule has 2 N–H and O–H groups in total. The first-order chi connectivity index (χ1) is 8.50. The molecule has 0 fully saturated rings. The van der Waals surface area contributed by atoms with Crippen LogP contribution in [0.4, 0.5) is 0 Å². The minimum Gasteiger partial charge on any atom is -0.389 e. The van der Waals surface area contributed by atoms with Crippen molar-refractivity contribution in [1.82, 2.24) is 4.90 Å². The average Bonchev–Trinajstić information content (AvgIpc) is 2.28. The number of thiocarbonyl (C=S) groups is 1. The van der Waals surface area contributed by atoms with Gasteiger partial charge in [-0.3, -0.25) is 4.90 Å². The van der Waals surface area contributed by atoms with Crippen LogP contribution in [-0.4, -0.2) is 36.2 Å². The van der Waals surface area contributed by atoms with E-state index in [0.717, 1.165) is 30.8 Å². The highest BCUT2D eigenvalue weighted by Crippen LogP contribution is 2.10. The zero-order chi connectivity index (χ0) is 13.5. The van der Waals surface area contributed by atoms with Crippen molar-refractivity contribution in [2.45, 2.75) is 26.5 Å². The molecule has 0 amide bonds. The van der Waals surface area contributed by atoms with Gasteiger partial charge in [-0.25, -0.2) is 0 Å². The lowest BCUT2D eigenvalue weighted by molar-refractivity contribution is 0.0627. The van der Waals surface area contributed by atoms with E-state index in [-0.39, 0.29) is 6.10 Å². The fraction of sp³-hybridized carbons (Fsp3) is 0.500. The van der Waals surface area contributed by atoms with Gasteiger partial charge >= 0.3 is 0 Å². The van der Waals surface area contributed by atoms with E-state index in [0.29, 0.717) is 4.99 Å². The van der Waals surface area contributed by atoms with Crippen LogP contribution in [0.15, 0.2) is 24.3 Å². The van der Waals surface area contributed by atoms with Crippen LogP contribution in [0.2, 0.25) is 0 Å². The summed E-state index contributed by atoms with van der Waals surface area (Å²) in [5, 5.41) is 0. The maximum atomic E-state index is 5.72. The first kappa shape index (κ1) is 15.1. The second kappa shape index (κ2) is 7.46. The zero-order valence-electron chi connectivity index (χ0n) is 11.3. The van der Waals surface area contributed by atoms with Crippen LogP contribution in [0, 0.1) is 0 Å². The molecule has 1 rings (SSSR count). The maximum Gasteiger partial charge on any atom is 0.104 e. The Morgan fingerprint density at radius 1 is 1.39 bits per heavy atom. The molecule has 4 heteroatoms. The fourth-order valence-corrected chi connectivity index (χ4v) is 1.91. The van der Waals surface area contributed by atoms with Crippen molar-refractivity contribution in [3.05, 3.63) is 35.4 Å². The standard InChI is InChI=1S/C14H22N2OS/c1-11(2)17-9-8-16(3)10-12-6-4-5-7-13(12)14(15)18/h4-7,11H,8-10H2,1-3H3,(H2,15,18). The lowest BCUT2D eigenvalue weighted by atomic mass is 10.1. The third kappa shape index (κ3) is 5.12. The van der Waals surface area contributed by atoms with Crippen LogP contribution in [0.25, 0.3) is 0 Å². The lowest BCUT2D eigenvalue weighted by Crippen LogP contribution is -2.25. The van der Waals surface area contributed by atoms with E-state index in [1.807, 2.05) is 32.0 Å². The number of ether oxygens (including phenoxy) is 1. The zero-order valence-corrected chi connectivity index (χ0v) is 12.2.